The number of amides is 2. The average Bonchev–Trinajstić information content (AvgIpc) is 2.70. The molecule has 1 N–H and O–H groups in total. The van der Waals surface area contributed by atoms with Gasteiger partial charge in [-0.05, 0) is 29.8 Å². The summed E-state index contributed by atoms with van der Waals surface area (Å²) in [6, 6.07) is 13.7. The highest BCUT2D eigenvalue weighted by molar-refractivity contribution is 8.00. The van der Waals surface area contributed by atoms with E-state index in [1.807, 2.05) is 30.3 Å². The van der Waals surface area contributed by atoms with Gasteiger partial charge in [-0.2, -0.15) is 0 Å². The number of halogens is 1. The molecule has 0 aromatic heterocycles. The van der Waals surface area contributed by atoms with Gasteiger partial charge >= 0.3 is 0 Å². The van der Waals surface area contributed by atoms with Gasteiger partial charge in [0, 0.05) is 24.5 Å². The molecule has 5 nitrogen and oxygen atoms in total. The maximum atomic E-state index is 13.7. The van der Waals surface area contributed by atoms with Crippen molar-refractivity contribution in [2.24, 2.45) is 0 Å². The van der Waals surface area contributed by atoms with E-state index in [9.17, 15) is 14.0 Å². The summed E-state index contributed by atoms with van der Waals surface area (Å²) in [5.74, 6) is -0.174. The van der Waals surface area contributed by atoms with Crippen molar-refractivity contribution >= 4 is 29.3 Å². The summed E-state index contributed by atoms with van der Waals surface area (Å²) in [4.78, 5) is 29.9. The van der Waals surface area contributed by atoms with Gasteiger partial charge in [0.25, 0.3) is 0 Å². The Bertz CT molecular complexity index is 876. The molecule has 140 valence electrons. The molecule has 0 bridgehead atoms. The van der Waals surface area contributed by atoms with E-state index >= 15 is 0 Å². The van der Waals surface area contributed by atoms with Crippen LogP contribution in [0.4, 0.5) is 10.1 Å². The highest BCUT2D eigenvalue weighted by atomic mass is 32.2. The molecule has 2 heterocycles. The lowest BCUT2D eigenvalue weighted by atomic mass is 10.0. The zero-order chi connectivity index (χ0) is 18.8. The van der Waals surface area contributed by atoms with Gasteiger partial charge in [-0.1, -0.05) is 24.3 Å². The van der Waals surface area contributed by atoms with Gasteiger partial charge in [0.05, 0.1) is 17.5 Å². The average molecular weight is 385 g/mol. The van der Waals surface area contributed by atoms with Crippen LogP contribution in [0.1, 0.15) is 11.6 Å². The molecule has 1 atom stereocenters. The van der Waals surface area contributed by atoms with Crippen molar-refractivity contribution in [1.82, 2.24) is 10.2 Å². The first-order valence-electron chi connectivity index (χ1n) is 8.91. The van der Waals surface area contributed by atoms with Gasteiger partial charge in [-0.15, -0.1) is 11.8 Å². The van der Waals surface area contributed by atoms with Crippen LogP contribution in [0, 0.1) is 5.82 Å². The van der Waals surface area contributed by atoms with E-state index in [1.54, 1.807) is 15.9 Å². The molecule has 2 aromatic carbocycles. The maximum Gasteiger partial charge on any atom is 0.243 e. The van der Waals surface area contributed by atoms with E-state index in [4.69, 9.17) is 0 Å². The largest absolute Gasteiger partial charge is 0.332 e. The van der Waals surface area contributed by atoms with Crippen LogP contribution in [-0.2, 0) is 9.59 Å². The third-order valence-electron chi connectivity index (χ3n) is 4.90. The summed E-state index contributed by atoms with van der Waals surface area (Å²) in [7, 11) is 0. The number of para-hydroxylation sites is 1. The van der Waals surface area contributed by atoms with Crippen molar-refractivity contribution in [2.45, 2.75) is 10.9 Å². The summed E-state index contributed by atoms with van der Waals surface area (Å²) >= 11 is 1.49. The van der Waals surface area contributed by atoms with Gasteiger partial charge in [0.1, 0.15) is 12.4 Å². The van der Waals surface area contributed by atoms with Gasteiger partial charge in [-0.25, -0.2) is 4.39 Å². The molecule has 2 aromatic rings. The van der Waals surface area contributed by atoms with Crippen LogP contribution in [0.3, 0.4) is 0 Å². The number of nitrogens with zero attached hydrogens (tertiary/aromatic N) is 2. The Morgan fingerprint density at radius 3 is 2.93 bits per heavy atom. The molecule has 1 fully saturated rings. The first-order valence-corrected chi connectivity index (χ1v) is 9.90. The van der Waals surface area contributed by atoms with Crippen molar-refractivity contribution in [2.75, 3.05) is 36.8 Å². The Morgan fingerprint density at radius 1 is 1.22 bits per heavy atom. The molecule has 1 saturated heterocycles. The topological polar surface area (TPSA) is 52.7 Å². The van der Waals surface area contributed by atoms with Crippen LogP contribution < -0.4 is 10.2 Å². The summed E-state index contributed by atoms with van der Waals surface area (Å²) in [5.41, 5.74) is 1.54. The van der Waals surface area contributed by atoms with E-state index in [-0.39, 0.29) is 30.2 Å². The van der Waals surface area contributed by atoms with Crippen molar-refractivity contribution in [1.29, 1.82) is 0 Å². The molecule has 2 amide bonds. The first kappa shape index (κ1) is 18.0. The molecule has 0 radical (unpaired) electrons. The Morgan fingerprint density at radius 2 is 2.07 bits per heavy atom. The summed E-state index contributed by atoms with van der Waals surface area (Å²) in [5, 5.41) is 3.27. The number of carbonyl (C=O) groups excluding carboxylic acids is 2. The standard InChI is InChI=1S/C20H20FN3O2S/c21-15-5-3-4-14(10-15)17-11-22-8-9-23(17)19(25)12-24-16-6-1-2-7-18(16)27-13-20(24)26/h1-7,10,17,22H,8-9,11-13H2. The second-order valence-electron chi connectivity index (χ2n) is 6.60. The number of rotatable bonds is 3. The molecule has 4 rings (SSSR count). The Labute approximate surface area is 161 Å². The molecular formula is C20H20FN3O2S. The lowest BCUT2D eigenvalue weighted by Gasteiger charge is -2.38. The van der Waals surface area contributed by atoms with Crippen molar-refractivity contribution in [3.63, 3.8) is 0 Å². The number of piperazine rings is 1. The van der Waals surface area contributed by atoms with Crippen LogP contribution in [0.15, 0.2) is 53.4 Å². The van der Waals surface area contributed by atoms with Crippen molar-refractivity contribution < 1.29 is 14.0 Å². The van der Waals surface area contributed by atoms with E-state index in [2.05, 4.69) is 5.32 Å². The fraction of sp³-hybridized carbons (Fsp3) is 0.300. The second kappa shape index (κ2) is 7.70. The lowest BCUT2D eigenvalue weighted by Crippen LogP contribution is -2.52. The quantitative estimate of drug-likeness (QED) is 0.882. The minimum absolute atomic E-state index is 0.00220. The van der Waals surface area contributed by atoms with Gasteiger partial charge in [-0.3, -0.25) is 9.59 Å². The van der Waals surface area contributed by atoms with E-state index in [0.29, 0.717) is 25.4 Å². The highest BCUT2D eigenvalue weighted by Gasteiger charge is 2.32. The SMILES string of the molecule is O=C1CSc2ccccc2N1CC(=O)N1CCNCC1c1cccc(F)c1. The minimum Gasteiger partial charge on any atom is -0.332 e. The number of anilines is 1. The van der Waals surface area contributed by atoms with Crippen molar-refractivity contribution in [3.05, 3.63) is 59.9 Å². The predicted octanol–water partition coefficient (Wildman–Crippen LogP) is 2.44. The van der Waals surface area contributed by atoms with Crippen LogP contribution in [-0.4, -0.2) is 48.6 Å². The molecule has 0 spiro atoms. The molecule has 27 heavy (non-hydrogen) atoms. The second-order valence-corrected chi connectivity index (χ2v) is 7.62. The predicted molar refractivity (Wildman–Crippen MR) is 103 cm³/mol. The highest BCUT2D eigenvalue weighted by Crippen LogP contribution is 2.35. The minimum atomic E-state index is -0.317. The van der Waals surface area contributed by atoms with Crippen LogP contribution >= 0.6 is 11.8 Å². The number of fused-ring (bicyclic) bond motifs is 1. The number of thioether (sulfide) groups is 1. The third kappa shape index (κ3) is 3.70. The Kier molecular flexibility index (Phi) is 5.13. The smallest absolute Gasteiger partial charge is 0.243 e. The molecule has 2 aliphatic rings. The third-order valence-corrected chi connectivity index (χ3v) is 5.95. The molecular weight excluding hydrogens is 365 g/mol. The lowest BCUT2D eigenvalue weighted by molar-refractivity contribution is -0.134. The normalized spacial score (nSPS) is 19.7. The number of hydrogen-bond acceptors (Lipinski definition) is 4. The first-order chi connectivity index (χ1) is 13.1. The van der Waals surface area contributed by atoms with Gasteiger partial charge < -0.3 is 15.1 Å². The fourth-order valence-corrected chi connectivity index (χ4v) is 4.50. The molecule has 0 aliphatic carbocycles. The Balaban J connectivity index is 1.57. The zero-order valence-electron chi connectivity index (χ0n) is 14.7. The van der Waals surface area contributed by atoms with Crippen LogP contribution in [0.25, 0.3) is 0 Å². The fourth-order valence-electron chi connectivity index (χ4n) is 3.57. The number of nitrogens with one attached hydrogen (secondary N) is 1. The molecule has 2 aliphatic heterocycles. The maximum absolute atomic E-state index is 13.7. The molecule has 7 heteroatoms. The zero-order valence-corrected chi connectivity index (χ0v) is 15.5. The Hall–Kier alpha value is -2.38. The number of hydrogen-bond donors (Lipinski definition) is 1. The molecule has 1 unspecified atom stereocenters. The van der Waals surface area contributed by atoms with Crippen LogP contribution in [0.2, 0.25) is 0 Å². The van der Waals surface area contributed by atoms with E-state index < -0.39 is 0 Å². The van der Waals surface area contributed by atoms with Gasteiger partial charge in [0.2, 0.25) is 11.8 Å². The number of carbonyl (C=O) groups is 2. The van der Waals surface area contributed by atoms with Crippen molar-refractivity contribution in [3.8, 4) is 0 Å². The summed E-state index contributed by atoms with van der Waals surface area (Å²) < 4.78 is 13.7. The summed E-state index contributed by atoms with van der Waals surface area (Å²) in [6.07, 6.45) is 0. The van der Waals surface area contributed by atoms with E-state index in [1.165, 1.54) is 23.9 Å². The number of benzene rings is 2. The summed E-state index contributed by atoms with van der Waals surface area (Å²) in [6.45, 7) is 1.77. The van der Waals surface area contributed by atoms with E-state index in [0.717, 1.165) is 16.1 Å². The molecule has 0 saturated carbocycles. The van der Waals surface area contributed by atoms with Crippen LogP contribution in [0.5, 0.6) is 0 Å². The van der Waals surface area contributed by atoms with Gasteiger partial charge in [0.15, 0.2) is 0 Å². The monoisotopic (exact) mass is 385 g/mol.